The molecule has 25 heavy (non-hydrogen) atoms. The average Bonchev–Trinajstić information content (AvgIpc) is 2.65. The third-order valence-electron chi connectivity index (χ3n) is 3.61. The largest absolute Gasteiger partial charge is 0.493 e. The molecule has 2 aromatic rings. The van der Waals surface area contributed by atoms with Crippen molar-refractivity contribution in [2.24, 2.45) is 5.73 Å². The Kier molecular flexibility index (Phi) is 7.25. The summed E-state index contributed by atoms with van der Waals surface area (Å²) >= 11 is 0. The first-order valence-corrected chi connectivity index (χ1v) is 8.00. The lowest BCUT2D eigenvalue weighted by Crippen LogP contribution is -2.43. The molecule has 3 N–H and O–H groups in total. The Bertz CT molecular complexity index is 676. The number of rotatable bonds is 9. The van der Waals surface area contributed by atoms with Gasteiger partial charge >= 0.3 is 0 Å². The van der Waals surface area contributed by atoms with E-state index in [0.29, 0.717) is 24.7 Å². The molecule has 0 fully saturated rings. The molecule has 0 aromatic heterocycles. The van der Waals surface area contributed by atoms with E-state index >= 15 is 0 Å². The molecule has 134 valence electrons. The van der Waals surface area contributed by atoms with E-state index in [1.54, 1.807) is 7.11 Å². The van der Waals surface area contributed by atoms with Gasteiger partial charge in [0.2, 0.25) is 5.91 Å². The molecule has 0 heterocycles. The molecule has 6 heteroatoms. The first kappa shape index (κ1) is 18.8. The highest BCUT2D eigenvalue weighted by Crippen LogP contribution is 2.28. The van der Waals surface area contributed by atoms with E-state index in [4.69, 9.17) is 19.9 Å². The van der Waals surface area contributed by atoms with Crippen LogP contribution in [-0.2, 0) is 22.7 Å². The zero-order chi connectivity index (χ0) is 18.1. The molecule has 2 rings (SSSR count). The molecular formula is C19H24N2O4. The minimum Gasteiger partial charge on any atom is -0.493 e. The fraction of sp³-hybridized carbons (Fsp3) is 0.316. The lowest BCUT2D eigenvalue weighted by Gasteiger charge is -2.14. The second-order valence-electron chi connectivity index (χ2n) is 5.54. The molecule has 1 unspecified atom stereocenters. The summed E-state index contributed by atoms with van der Waals surface area (Å²) in [4.78, 5) is 11.8. The van der Waals surface area contributed by atoms with E-state index in [1.807, 2.05) is 48.5 Å². The van der Waals surface area contributed by atoms with Gasteiger partial charge in [-0.15, -0.1) is 0 Å². The van der Waals surface area contributed by atoms with Gasteiger partial charge in [0, 0.05) is 13.7 Å². The van der Waals surface area contributed by atoms with Gasteiger partial charge in [-0.25, -0.2) is 0 Å². The van der Waals surface area contributed by atoms with Crippen LogP contribution in [0, 0.1) is 0 Å². The maximum Gasteiger partial charge on any atom is 0.239 e. The van der Waals surface area contributed by atoms with E-state index in [-0.39, 0.29) is 12.5 Å². The molecule has 0 aliphatic rings. The molecule has 0 spiro atoms. The van der Waals surface area contributed by atoms with Gasteiger partial charge in [-0.3, -0.25) is 4.79 Å². The van der Waals surface area contributed by atoms with Crippen LogP contribution in [0.4, 0.5) is 0 Å². The van der Waals surface area contributed by atoms with Crippen LogP contribution in [0.25, 0.3) is 0 Å². The van der Waals surface area contributed by atoms with Crippen molar-refractivity contribution in [2.75, 3.05) is 20.8 Å². The van der Waals surface area contributed by atoms with Crippen LogP contribution < -0.4 is 20.5 Å². The predicted octanol–water partition coefficient (Wildman–Crippen LogP) is 1.86. The number of hydrogen-bond acceptors (Lipinski definition) is 5. The van der Waals surface area contributed by atoms with Crippen molar-refractivity contribution in [3.05, 3.63) is 59.7 Å². The summed E-state index contributed by atoms with van der Waals surface area (Å²) in [5.74, 6) is 1.01. The van der Waals surface area contributed by atoms with Gasteiger partial charge in [-0.05, 0) is 23.3 Å². The van der Waals surface area contributed by atoms with Crippen molar-refractivity contribution < 1.29 is 19.0 Å². The van der Waals surface area contributed by atoms with Crippen molar-refractivity contribution in [2.45, 2.75) is 19.2 Å². The second kappa shape index (κ2) is 9.66. The number of carbonyl (C=O) groups is 1. The highest BCUT2D eigenvalue weighted by Gasteiger charge is 2.13. The summed E-state index contributed by atoms with van der Waals surface area (Å²) in [5.41, 5.74) is 7.65. The van der Waals surface area contributed by atoms with Crippen LogP contribution in [0.1, 0.15) is 11.1 Å². The normalized spacial score (nSPS) is 11.6. The van der Waals surface area contributed by atoms with Gasteiger partial charge in [0.05, 0.1) is 13.7 Å². The SMILES string of the molecule is COCC(N)C(=O)NCc1ccc(OCc2ccccc2)c(OC)c1. The van der Waals surface area contributed by atoms with Crippen molar-refractivity contribution in [1.82, 2.24) is 5.32 Å². The highest BCUT2D eigenvalue weighted by molar-refractivity contribution is 5.81. The number of hydrogen-bond donors (Lipinski definition) is 2. The molecule has 0 aliphatic carbocycles. The van der Waals surface area contributed by atoms with Crippen LogP contribution in [0.15, 0.2) is 48.5 Å². The zero-order valence-electron chi connectivity index (χ0n) is 14.5. The highest BCUT2D eigenvalue weighted by atomic mass is 16.5. The molecule has 0 aliphatic heterocycles. The van der Waals surface area contributed by atoms with Crippen molar-refractivity contribution in [3.63, 3.8) is 0 Å². The Morgan fingerprint density at radius 2 is 1.84 bits per heavy atom. The standard InChI is InChI=1S/C19H24N2O4/c1-23-13-16(20)19(22)21-11-15-8-9-17(18(10-15)24-2)25-12-14-6-4-3-5-7-14/h3-10,16H,11-13,20H2,1-2H3,(H,21,22). The van der Waals surface area contributed by atoms with E-state index < -0.39 is 6.04 Å². The summed E-state index contributed by atoms with van der Waals surface area (Å²) in [5, 5.41) is 2.77. The molecule has 0 saturated carbocycles. The molecule has 6 nitrogen and oxygen atoms in total. The topological polar surface area (TPSA) is 82.8 Å². The van der Waals surface area contributed by atoms with E-state index in [9.17, 15) is 4.79 Å². The number of methoxy groups -OCH3 is 2. The smallest absolute Gasteiger partial charge is 0.239 e. The third-order valence-corrected chi connectivity index (χ3v) is 3.61. The summed E-state index contributed by atoms with van der Waals surface area (Å²) in [6.45, 7) is 0.992. The first-order chi connectivity index (χ1) is 12.1. The van der Waals surface area contributed by atoms with Crippen molar-refractivity contribution in [1.29, 1.82) is 0 Å². The number of nitrogens with one attached hydrogen (secondary N) is 1. The first-order valence-electron chi connectivity index (χ1n) is 8.00. The monoisotopic (exact) mass is 344 g/mol. The third kappa shape index (κ3) is 5.77. The Labute approximate surface area is 147 Å². The van der Waals surface area contributed by atoms with Gasteiger partial charge in [0.25, 0.3) is 0 Å². The van der Waals surface area contributed by atoms with Gasteiger partial charge in [0.1, 0.15) is 12.6 Å². The lowest BCUT2D eigenvalue weighted by atomic mass is 10.2. The summed E-state index contributed by atoms with van der Waals surface area (Å²) in [6.07, 6.45) is 0. The van der Waals surface area contributed by atoms with Gasteiger partial charge in [-0.1, -0.05) is 36.4 Å². The fourth-order valence-corrected chi connectivity index (χ4v) is 2.25. The minimum atomic E-state index is -0.680. The molecular weight excluding hydrogens is 320 g/mol. The lowest BCUT2D eigenvalue weighted by molar-refractivity contribution is -0.123. The molecule has 0 radical (unpaired) electrons. The number of nitrogens with two attached hydrogens (primary N) is 1. The number of amides is 1. The Morgan fingerprint density at radius 1 is 1.08 bits per heavy atom. The van der Waals surface area contributed by atoms with E-state index in [2.05, 4.69) is 5.32 Å². The molecule has 0 saturated heterocycles. The van der Waals surface area contributed by atoms with Gasteiger partial charge < -0.3 is 25.3 Å². The minimum absolute atomic E-state index is 0.182. The van der Waals surface area contributed by atoms with Crippen LogP contribution in [0.5, 0.6) is 11.5 Å². The Balaban J connectivity index is 1.95. The van der Waals surface area contributed by atoms with Crippen LogP contribution in [0.2, 0.25) is 0 Å². The van der Waals surface area contributed by atoms with E-state index in [0.717, 1.165) is 11.1 Å². The molecule has 1 atom stereocenters. The molecule has 1 amide bonds. The molecule has 0 bridgehead atoms. The zero-order valence-corrected chi connectivity index (χ0v) is 14.5. The number of carbonyl (C=O) groups excluding carboxylic acids is 1. The Hall–Kier alpha value is -2.57. The van der Waals surface area contributed by atoms with Crippen LogP contribution in [-0.4, -0.2) is 32.8 Å². The maximum atomic E-state index is 11.8. The summed E-state index contributed by atoms with van der Waals surface area (Å²) < 4.78 is 16.1. The Morgan fingerprint density at radius 3 is 2.52 bits per heavy atom. The van der Waals surface area contributed by atoms with Crippen molar-refractivity contribution >= 4 is 5.91 Å². The quantitative estimate of drug-likeness (QED) is 0.725. The molecule has 2 aromatic carbocycles. The summed E-state index contributed by atoms with van der Waals surface area (Å²) in [7, 11) is 3.09. The van der Waals surface area contributed by atoms with E-state index in [1.165, 1.54) is 7.11 Å². The van der Waals surface area contributed by atoms with Crippen molar-refractivity contribution in [3.8, 4) is 11.5 Å². The summed E-state index contributed by atoms with van der Waals surface area (Å²) in [6, 6.07) is 14.8. The maximum absolute atomic E-state index is 11.8. The van der Waals surface area contributed by atoms with Gasteiger partial charge in [-0.2, -0.15) is 0 Å². The van der Waals surface area contributed by atoms with Crippen LogP contribution in [0.3, 0.4) is 0 Å². The average molecular weight is 344 g/mol. The predicted molar refractivity (Wildman–Crippen MR) is 95.5 cm³/mol. The number of benzene rings is 2. The number of ether oxygens (including phenoxy) is 3. The fourth-order valence-electron chi connectivity index (χ4n) is 2.25. The van der Waals surface area contributed by atoms with Gasteiger partial charge in [0.15, 0.2) is 11.5 Å². The second-order valence-corrected chi connectivity index (χ2v) is 5.54. The van der Waals surface area contributed by atoms with Crippen LogP contribution >= 0.6 is 0 Å².